The number of aryl methyl sites for hydroxylation is 4. The Morgan fingerprint density at radius 2 is 1.88 bits per heavy atom. The Morgan fingerprint density at radius 3 is 2.58 bits per heavy atom. The molecule has 26 heavy (non-hydrogen) atoms. The average molecular weight is 350 g/mol. The van der Waals surface area contributed by atoms with Crippen LogP contribution in [0.2, 0.25) is 0 Å². The van der Waals surface area contributed by atoms with E-state index in [0.717, 1.165) is 28.3 Å². The second-order valence-corrected chi connectivity index (χ2v) is 6.37. The number of benzene rings is 2. The number of hydrogen-bond acceptors (Lipinski definition) is 4. The minimum absolute atomic E-state index is 0.170. The van der Waals surface area contributed by atoms with Gasteiger partial charge in [-0.2, -0.15) is 0 Å². The summed E-state index contributed by atoms with van der Waals surface area (Å²) >= 11 is 0. The summed E-state index contributed by atoms with van der Waals surface area (Å²) in [5, 5.41) is 6.84. The molecule has 0 aliphatic carbocycles. The Labute approximate surface area is 153 Å². The number of anilines is 1. The van der Waals surface area contributed by atoms with Crippen LogP contribution in [-0.4, -0.2) is 11.1 Å². The first-order chi connectivity index (χ1) is 12.4. The molecule has 0 fully saturated rings. The summed E-state index contributed by atoms with van der Waals surface area (Å²) < 4.78 is 10.9. The third-order valence-electron chi connectivity index (χ3n) is 4.43. The molecule has 0 atom stereocenters. The molecular formula is C21H22N2O3. The van der Waals surface area contributed by atoms with Crippen molar-refractivity contribution in [2.24, 2.45) is 0 Å². The number of nitrogens with zero attached hydrogens (tertiary/aromatic N) is 1. The number of ether oxygens (including phenoxy) is 1. The first-order valence-corrected chi connectivity index (χ1v) is 8.47. The maximum atomic E-state index is 12.5. The zero-order valence-corrected chi connectivity index (χ0v) is 15.4. The van der Waals surface area contributed by atoms with Crippen molar-refractivity contribution in [1.82, 2.24) is 5.16 Å². The van der Waals surface area contributed by atoms with E-state index in [0.29, 0.717) is 17.9 Å². The molecule has 0 spiro atoms. The fourth-order valence-corrected chi connectivity index (χ4v) is 2.61. The molecule has 0 saturated carbocycles. The van der Waals surface area contributed by atoms with E-state index in [-0.39, 0.29) is 5.91 Å². The molecule has 0 radical (unpaired) electrons. The summed E-state index contributed by atoms with van der Waals surface area (Å²) in [5.41, 5.74) is 5.39. The van der Waals surface area contributed by atoms with Gasteiger partial charge in [0.25, 0.3) is 5.91 Å². The van der Waals surface area contributed by atoms with Crippen LogP contribution in [-0.2, 0) is 6.61 Å². The standard InChI is InChI=1S/C21H22N2O3/c1-13-8-9-18(10-14(13)2)22-21(24)17-6-5-7-19(11-17)25-12-20-15(3)23-26-16(20)4/h5-11H,12H2,1-4H3,(H,22,24). The summed E-state index contributed by atoms with van der Waals surface area (Å²) in [6.07, 6.45) is 0. The SMILES string of the molecule is Cc1ccc(NC(=O)c2cccc(OCc3c(C)noc3C)c2)cc1C. The van der Waals surface area contributed by atoms with Gasteiger partial charge in [-0.05, 0) is 69.2 Å². The molecule has 1 N–H and O–H groups in total. The third kappa shape index (κ3) is 3.94. The topological polar surface area (TPSA) is 64.4 Å². The first-order valence-electron chi connectivity index (χ1n) is 8.47. The summed E-state index contributed by atoms with van der Waals surface area (Å²) in [5.74, 6) is 1.19. The predicted octanol–water partition coefficient (Wildman–Crippen LogP) is 4.74. The van der Waals surface area contributed by atoms with E-state index in [9.17, 15) is 4.79 Å². The lowest BCUT2D eigenvalue weighted by atomic mass is 10.1. The van der Waals surface area contributed by atoms with Gasteiger partial charge < -0.3 is 14.6 Å². The van der Waals surface area contributed by atoms with Crippen LogP contribution in [0.25, 0.3) is 0 Å². The van der Waals surface area contributed by atoms with E-state index in [1.165, 1.54) is 5.56 Å². The average Bonchev–Trinajstić information content (AvgIpc) is 2.94. The lowest BCUT2D eigenvalue weighted by molar-refractivity contribution is 0.102. The lowest BCUT2D eigenvalue weighted by Crippen LogP contribution is -2.12. The first kappa shape index (κ1) is 17.7. The quantitative estimate of drug-likeness (QED) is 0.722. The van der Waals surface area contributed by atoms with Crippen LogP contribution in [0.5, 0.6) is 5.75 Å². The van der Waals surface area contributed by atoms with Crippen molar-refractivity contribution in [3.63, 3.8) is 0 Å². The molecule has 0 aliphatic rings. The number of amides is 1. The lowest BCUT2D eigenvalue weighted by Gasteiger charge is -2.10. The molecule has 0 unspecified atom stereocenters. The van der Waals surface area contributed by atoms with Crippen molar-refractivity contribution >= 4 is 11.6 Å². The highest BCUT2D eigenvalue weighted by Gasteiger charge is 2.11. The molecular weight excluding hydrogens is 328 g/mol. The Balaban J connectivity index is 1.70. The fourth-order valence-electron chi connectivity index (χ4n) is 2.61. The maximum Gasteiger partial charge on any atom is 0.255 e. The molecule has 0 aliphatic heterocycles. The molecule has 0 saturated heterocycles. The van der Waals surface area contributed by atoms with E-state index < -0.39 is 0 Å². The number of carbonyl (C=O) groups is 1. The van der Waals surface area contributed by atoms with Gasteiger partial charge >= 0.3 is 0 Å². The van der Waals surface area contributed by atoms with Gasteiger partial charge in [0, 0.05) is 11.3 Å². The molecule has 1 amide bonds. The van der Waals surface area contributed by atoms with Crippen molar-refractivity contribution < 1.29 is 14.1 Å². The predicted molar refractivity (Wildman–Crippen MR) is 101 cm³/mol. The molecule has 3 rings (SSSR count). The summed E-state index contributed by atoms with van der Waals surface area (Å²) in [6, 6.07) is 13.0. The number of aromatic nitrogens is 1. The number of nitrogens with one attached hydrogen (secondary N) is 1. The maximum absolute atomic E-state index is 12.5. The van der Waals surface area contributed by atoms with Crippen LogP contribution in [0.4, 0.5) is 5.69 Å². The van der Waals surface area contributed by atoms with Crippen molar-refractivity contribution in [3.8, 4) is 5.75 Å². The van der Waals surface area contributed by atoms with Crippen LogP contribution in [0.1, 0.15) is 38.5 Å². The molecule has 1 heterocycles. The van der Waals surface area contributed by atoms with Gasteiger partial charge in [0.2, 0.25) is 0 Å². The minimum atomic E-state index is -0.170. The minimum Gasteiger partial charge on any atom is -0.489 e. The van der Waals surface area contributed by atoms with Gasteiger partial charge in [-0.15, -0.1) is 0 Å². The van der Waals surface area contributed by atoms with Crippen LogP contribution in [0.15, 0.2) is 47.0 Å². The van der Waals surface area contributed by atoms with Gasteiger partial charge in [0.05, 0.1) is 11.3 Å². The van der Waals surface area contributed by atoms with Crippen LogP contribution >= 0.6 is 0 Å². The Kier molecular flexibility index (Phi) is 5.07. The largest absolute Gasteiger partial charge is 0.489 e. The zero-order chi connectivity index (χ0) is 18.7. The fraction of sp³-hybridized carbons (Fsp3) is 0.238. The van der Waals surface area contributed by atoms with Gasteiger partial charge in [-0.25, -0.2) is 0 Å². The van der Waals surface area contributed by atoms with Gasteiger partial charge in [0.1, 0.15) is 18.1 Å². The molecule has 5 heteroatoms. The molecule has 0 bridgehead atoms. The van der Waals surface area contributed by atoms with Gasteiger partial charge in [-0.1, -0.05) is 17.3 Å². The second-order valence-electron chi connectivity index (χ2n) is 6.37. The Bertz CT molecular complexity index is 925. The molecule has 5 nitrogen and oxygen atoms in total. The Morgan fingerprint density at radius 1 is 1.08 bits per heavy atom. The second kappa shape index (κ2) is 7.44. The monoisotopic (exact) mass is 350 g/mol. The van der Waals surface area contributed by atoms with Gasteiger partial charge in [0.15, 0.2) is 0 Å². The smallest absolute Gasteiger partial charge is 0.255 e. The molecule has 3 aromatic rings. The van der Waals surface area contributed by atoms with E-state index in [1.54, 1.807) is 18.2 Å². The number of carbonyl (C=O) groups excluding carboxylic acids is 1. The van der Waals surface area contributed by atoms with E-state index in [4.69, 9.17) is 9.26 Å². The van der Waals surface area contributed by atoms with Crippen molar-refractivity contribution in [2.45, 2.75) is 34.3 Å². The molecule has 2 aromatic carbocycles. The third-order valence-corrected chi connectivity index (χ3v) is 4.43. The van der Waals surface area contributed by atoms with Crippen molar-refractivity contribution in [3.05, 3.63) is 76.2 Å². The van der Waals surface area contributed by atoms with E-state index in [2.05, 4.69) is 10.5 Å². The van der Waals surface area contributed by atoms with Crippen molar-refractivity contribution in [1.29, 1.82) is 0 Å². The highest BCUT2D eigenvalue weighted by atomic mass is 16.5. The summed E-state index contributed by atoms with van der Waals surface area (Å²) in [7, 11) is 0. The van der Waals surface area contributed by atoms with E-state index >= 15 is 0 Å². The normalized spacial score (nSPS) is 10.6. The Hall–Kier alpha value is -3.08. The highest BCUT2D eigenvalue weighted by Crippen LogP contribution is 2.20. The number of hydrogen-bond donors (Lipinski definition) is 1. The zero-order valence-electron chi connectivity index (χ0n) is 15.4. The molecule has 1 aromatic heterocycles. The van der Waals surface area contributed by atoms with Crippen LogP contribution < -0.4 is 10.1 Å². The van der Waals surface area contributed by atoms with Crippen LogP contribution in [0.3, 0.4) is 0 Å². The summed E-state index contributed by atoms with van der Waals surface area (Å²) in [4.78, 5) is 12.5. The van der Waals surface area contributed by atoms with E-state index in [1.807, 2.05) is 52.0 Å². The highest BCUT2D eigenvalue weighted by molar-refractivity contribution is 6.04. The van der Waals surface area contributed by atoms with Crippen LogP contribution in [0, 0.1) is 27.7 Å². The summed E-state index contributed by atoms with van der Waals surface area (Å²) in [6.45, 7) is 8.15. The van der Waals surface area contributed by atoms with Crippen molar-refractivity contribution in [2.75, 3.05) is 5.32 Å². The number of rotatable bonds is 5. The molecule has 134 valence electrons. The van der Waals surface area contributed by atoms with Gasteiger partial charge in [-0.3, -0.25) is 4.79 Å².